The fraction of sp³-hybridized carbons (Fsp3) is 0.200. The van der Waals surface area contributed by atoms with Crippen LogP contribution in [0.5, 0.6) is 0 Å². The molecule has 4 rings (SSSR count). The smallest absolute Gasteiger partial charge is 0.257 e. The molecule has 0 unspecified atom stereocenters. The molecule has 27 heavy (non-hydrogen) atoms. The van der Waals surface area contributed by atoms with Crippen LogP contribution in [0.3, 0.4) is 0 Å². The van der Waals surface area contributed by atoms with Crippen molar-refractivity contribution in [1.82, 2.24) is 10.2 Å². The van der Waals surface area contributed by atoms with E-state index in [1.54, 1.807) is 29.2 Å². The van der Waals surface area contributed by atoms with Gasteiger partial charge in [-0.2, -0.15) is 0 Å². The zero-order chi connectivity index (χ0) is 18.8. The second kappa shape index (κ2) is 7.28. The molecular formula is C20H18N4O2S. The third kappa shape index (κ3) is 3.73. The predicted octanol–water partition coefficient (Wildman–Crippen LogP) is 3.89. The highest BCUT2D eigenvalue weighted by molar-refractivity contribution is 7.18. The lowest BCUT2D eigenvalue weighted by molar-refractivity contribution is -0.117. The maximum Gasteiger partial charge on any atom is 0.257 e. The molecule has 136 valence electrons. The topological polar surface area (TPSA) is 75.2 Å². The number of aromatic nitrogens is 2. The van der Waals surface area contributed by atoms with Gasteiger partial charge in [0.15, 0.2) is 0 Å². The average molecular weight is 378 g/mol. The zero-order valence-corrected chi connectivity index (χ0v) is 15.6. The van der Waals surface area contributed by atoms with Gasteiger partial charge >= 0.3 is 0 Å². The van der Waals surface area contributed by atoms with Crippen LogP contribution in [-0.2, 0) is 4.79 Å². The molecule has 2 amide bonds. The van der Waals surface area contributed by atoms with E-state index in [4.69, 9.17) is 0 Å². The summed E-state index contributed by atoms with van der Waals surface area (Å²) in [5.74, 6) is -0.120. The van der Waals surface area contributed by atoms with Gasteiger partial charge in [0.1, 0.15) is 5.01 Å². The first-order chi connectivity index (χ1) is 13.1. The van der Waals surface area contributed by atoms with E-state index in [1.165, 1.54) is 16.9 Å². The minimum absolute atomic E-state index is 0.129. The normalized spacial score (nSPS) is 13.8. The van der Waals surface area contributed by atoms with Gasteiger partial charge in [-0.25, -0.2) is 0 Å². The van der Waals surface area contributed by atoms with Gasteiger partial charge in [-0.3, -0.25) is 14.9 Å². The van der Waals surface area contributed by atoms with E-state index >= 15 is 0 Å². The summed E-state index contributed by atoms with van der Waals surface area (Å²) in [7, 11) is 0. The van der Waals surface area contributed by atoms with Crippen LogP contribution < -0.4 is 10.2 Å². The van der Waals surface area contributed by atoms with Crippen molar-refractivity contribution in [2.45, 2.75) is 19.8 Å². The number of nitrogens with one attached hydrogen (secondary N) is 1. The van der Waals surface area contributed by atoms with Crippen molar-refractivity contribution in [3.8, 4) is 10.6 Å². The molecule has 1 N–H and O–H groups in total. The van der Waals surface area contributed by atoms with Crippen molar-refractivity contribution in [3.63, 3.8) is 0 Å². The maximum atomic E-state index is 12.4. The molecule has 0 atom stereocenters. The summed E-state index contributed by atoms with van der Waals surface area (Å²) >= 11 is 1.33. The Balaban J connectivity index is 1.44. The van der Waals surface area contributed by atoms with Gasteiger partial charge in [0.05, 0.1) is 0 Å². The number of benzene rings is 2. The average Bonchev–Trinajstić information content (AvgIpc) is 3.31. The van der Waals surface area contributed by atoms with E-state index < -0.39 is 0 Å². The van der Waals surface area contributed by atoms with E-state index in [2.05, 4.69) is 15.5 Å². The first-order valence-electron chi connectivity index (χ1n) is 8.72. The summed E-state index contributed by atoms with van der Waals surface area (Å²) < 4.78 is 0. The van der Waals surface area contributed by atoms with Gasteiger partial charge in [-0.15, -0.1) is 10.2 Å². The number of rotatable bonds is 4. The molecule has 0 saturated carbocycles. The highest BCUT2D eigenvalue weighted by Gasteiger charge is 2.21. The van der Waals surface area contributed by atoms with Gasteiger partial charge in [-0.05, 0) is 37.6 Å². The molecule has 0 aliphatic carbocycles. The molecule has 1 fully saturated rings. The number of hydrogen-bond acceptors (Lipinski definition) is 5. The van der Waals surface area contributed by atoms with Crippen molar-refractivity contribution in [2.24, 2.45) is 0 Å². The van der Waals surface area contributed by atoms with E-state index in [1.807, 2.05) is 31.2 Å². The standard InChI is InChI=1S/C20H18N4O2S/c1-13-4-6-15(7-5-13)19-22-23-20(27-19)21-18(26)14-8-10-16(11-9-14)24-12-2-3-17(24)25/h4-11H,2-3,12H2,1H3,(H,21,23,26). The molecular weight excluding hydrogens is 360 g/mol. The third-order valence-corrected chi connectivity index (χ3v) is 5.35. The molecule has 0 radical (unpaired) electrons. The minimum Gasteiger partial charge on any atom is -0.312 e. The minimum atomic E-state index is -0.249. The molecule has 1 aromatic heterocycles. The molecule has 6 nitrogen and oxygen atoms in total. The lowest BCUT2D eigenvalue weighted by Gasteiger charge is -2.15. The first kappa shape index (κ1) is 17.4. The lowest BCUT2D eigenvalue weighted by atomic mass is 10.2. The van der Waals surface area contributed by atoms with Crippen LogP contribution >= 0.6 is 11.3 Å². The first-order valence-corrected chi connectivity index (χ1v) is 9.54. The van der Waals surface area contributed by atoms with Crippen molar-refractivity contribution < 1.29 is 9.59 Å². The third-order valence-electron chi connectivity index (χ3n) is 4.46. The summed E-state index contributed by atoms with van der Waals surface area (Å²) in [6, 6.07) is 15.0. The Hall–Kier alpha value is -3.06. The van der Waals surface area contributed by atoms with E-state index in [0.717, 1.165) is 29.2 Å². The van der Waals surface area contributed by atoms with Crippen LogP contribution in [-0.4, -0.2) is 28.6 Å². The van der Waals surface area contributed by atoms with Gasteiger partial charge in [0, 0.05) is 29.8 Å². The fourth-order valence-electron chi connectivity index (χ4n) is 2.97. The van der Waals surface area contributed by atoms with Gasteiger partial charge in [0.2, 0.25) is 11.0 Å². The molecule has 1 aliphatic rings. The van der Waals surface area contributed by atoms with Crippen LogP contribution in [0.1, 0.15) is 28.8 Å². The summed E-state index contributed by atoms with van der Waals surface area (Å²) in [5, 5.41) is 12.2. The zero-order valence-electron chi connectivity index (χ0n) is 14.8. The highest BCUT2D eigenvalue weighted by atomic mass is 32.1. The number of carbonyl (C=O) groups is 2. The molecule has 2 aromatic carbocycles. The van der Waals surface area contributed by atoms with E-state index in [0.29, 0.717) is 17.1 Å². The Morgan fingerprint density at radius 3 is 2.48 bits per heavy atom. The Bertz CT molecular complexity index is 980. The van der Waals surface area contributed by atoms with Crippen molar-refractivity contribution >= 4 is 34.0 Å². The van der Waals surface area contributed by atoms with Crippen LogP contribution in [0.2, 0.25) is 0 Å². The number of nitrogens with zero attached hydrogens (tertiary/aromatic N) is 3. The predicted molar refractivity (Wildman–Crippen MR) is 106 cm³/mol. The second-order valence-electron chi connectivity index (χ2n) is 6.43. The Morgan fingerprint density at radius 1 is 1.07 bits per heavy atom. The van der Waals surface area contributed by atoms with Crippen molar-refractivity contribution in [2.75, 3.05) is 16.8 Å². The van der Waals surface area contributed by atoms with Gasteiger partial charge < -0.3 is 4.90 Å². The van der Waals surface area contributed by atoms with Crippen LogP contribution in [0.25, 0.3) is 10.6 Å². The molecule has 7 heteroatoms. The lowest BCUT2D eigenvalue weighted by Crippen LogP contribution is -2.23. The number of anilines is 2. The number of aryl methyl sites for hydroxylation is 1. The molecule has 2 heterocycles. The Kier molecular flexibility index (Phi) is 4.68. The summed E-state index contributed by atoms with van der Waals surface area (Å²) in [6.45, 7) is 2.76. The van der Waals surface area contributed by atoms with E-state index in [-0.39, 0.29) is 11.8 Å². The Labute approximate surface area is 160 Å². The fourth-order valence-corrected chi connectivity index (χ4v) is 3.71. The van der Waals surface area contributed by atoms with Crippen LogP contribution in [0, 0.1) is 6.92 Å². The maximum absolute atomic E-state index is 12.4. The van der Waals surface area contributed by atoms with Crippen LogP contribution in [0.4, 0.5) is 10.8 Å². The quantitative estimate of drug-likeness (QED) is 0.747. The molecule has 0 spiro atoms. The van der Waals surface area contributed by atoms with Crippen LogP contribution in [0.15, 0.2) is 48.5 Å². The van der Waals surface area contributed by atoms with Gasteiger partial charge in [0.25, 0.3) is 5.91 Å². The largest absolute Gasteiger partial charge is 0.312 e. The SMILES string of the molecule is Cc1ccc(-c2nnc(NC(=O)c3ccc(N4CCCC4=O)cc3)s2)cc1. The summed E-state index contributed by atoms with van der Waals surface area (Å²) in [5.41, 5.74) is 3.48. The molecule has 1 saturated heterocycles. The van der Waals surface area contributed by atoms with E-state index in [9.17, 15) is 9.59 Å². The highest BCUT2D eigenvalue weighted by Crippen LogP contribution is 2.27. The number of amides is 2. The monoisotopic (exact) mass is 378 g/mol. The van der Waals surface area contributed by atoms with Gasteiger partial charge in [-0.1, -0.05) is 41.2 Å². The number of hydrogen-bond donors (Lipinski definition) is 1. The number of carbonyl (C=O) groups excluding carboxylic acids is 2. The molecule has 1 aliphatic heterocycles. The molecule has 3 aromatic rings. The summed E-state index contributed by atoms with van der Waals surface area (Å²) in [6.07, 6.45) is 1.46. The van der Waals surface area contributed by atoms with Crippen molar-refractivity contribution in [1.29, 1.82) is 0 Å². The van der Waals surface area contributed by atoms with Crippen molar-refractivity contribution in [3.05, 3.63) is 59.7 Å². The molecule has 0 bridgehead atoms. The Morgan fingerprint density at radius 2 is 1.81 bits per heavy atom. The summed E-state index contributed by atoms with van der Waals surface area (Å²) in [4.78, 5) is 26.0. The second-order valence-corrected chi connectivity index (χ2v) is 7.41.